The molecule has 0 atom stereocenters. The lowest BCUT2D eigenvalue weighted by Crippen LogP contribution is -2.61. The van der Waals surface area contributed by atoms with Gasteiger partial charge < -0.3 is 0 Å². The highest BCUT2D eigenvalue weighted by Crippen LogP contribution is 2.48. The van der Waals surface area contributed by atoms with Gasteiger partial charge in [0.25, 0.3) is 0 Å². The van der Waals surface area contributed by atoms with Crippen molar-refractivity contribution in [1.29, 1.82) is 10.5 Å². The second-order valence-electron chi connectivity index (χ2n) is 10.7. The Morgan fingerprint density at radius 2 is 0.846 bits per heavy atom. The van der Waals surface area contributed by atoms with E-state index in [1.807, 2.05) is 0 Å². The van der Waals surface area contributed by atoms with Crippen LogP contribution < -0.4 is 0 Å². The molecule has 0 aromatic carbocycles. The van der Waals surface area contributed by atoms with Gasteiger partial charge in [0.05, 0.1) is 25.2 Å². The van der Waals surface area contributed by atoms with Crippen molar-refractivity contribution in [3.8, 4) is 12.1 Å². The highest BCUT2D eigenvalue weighted by molar-refractivity contribution is 5.29. The van der Waals surface area contributed by atoms with Crippen LogP contribution in [0.3, 0.4) is 0 Å². The second-order valence-corrected chi connectivity index (χ2v) is 10.7. The summed E-state index contributed by atoms with van der Waals surface area (Å²) < 4.78 is 0. The summed E-state index contributed by atoms with van der Waals surface area (Å²) in [5, 5.41) is 18.6. The molecule has 26 heavy (non-hydrogen) atoms. The van der Waals surface area contributed by atoms with Crippen LogP contribution in [0.4, 0.5) is 0 Å². The summed E-state index contributed by atoms with van der Waals surface area (Å²) >= 11 is 0. The molecule has 0 N–H and O–H groups in total. The summed E-state index contributed by atoms with van der Waals surface area (Å²) in [5.41, 5.74) is 3.09. The molecule has 2 rings (SSSR count). The third-order valence-electron chi connectivity index (χ3n) is 6.46. The molecule has 0 bridgehead atoms. The lowest BCUT2D eigenvalue weighted by Gasteiger charge is -2.56. The molecule has 144 valence electrons. The fourth-order valence-corrected chi connectivity index (χ4v) is 5.73. The van der Waals surface area contributed by atoms with Crippen LogP contribution in [0.2, 0.25) is 0 Å². The summed E-state index contributed by atoms with van der Waals surface area (Å²) in [4.78, 5) is 4.73. The monoisotopic (exact) mass is 356 g/mol. The van der Waals surface area contributed by atoms with Crippen LogP contribution in [0.15, 0.2) is 11.1 Å². The Kier molecular flexibility index (Phi) is 5.37. The van der Waals surface area contributed by atoms with Gasteiger partial charge in [-0.1, -0.05) is 11.1 Å². The Morgan fingerprint density at radius 1 is 0.615 bits per heavy atom. The first-order valence-electron chi connectivity index (χ1n) is 9.76. The lowest BCUT2D eigenvalue weighted by atomic mass is 9.69. The van der Waals surface area contributed by atoms with E-state index in [0.29, 0.717) is 13.1 Å². The summed E-state index contributed by atoms with van der Waals surface area (Å²) in [7, 11) is 0. The number of rotatable bonds is 2. The van der Waals surface area contributed by atoms with Crippen LogP contribution in [0.1, 0.15) is 81.1 Å². The molecule has 0 spiro atoms. The fourth-order valence-electron chi connectivity index (χ4n) is 5.73. The molecular weight excluding hydrogens is 320 g/mol. The van der Waals surface area contributed by atoms with Crippen molar-refractivity contribution in [3.63, 3.8) is 0 Å². The van der Waals surface area contributed by atoms with Gasteiger partial charge in [0.2, 0.25) is 0 Å². The Labute approximate surface area is 160 Å². The van der Waals surface area contributed by atoms with Gasteiger partial charge in [-0.05, 0) is 81.1 Å². The quantitative estimate of drug-likeness (QED) is 0.534. The average molecular weight is 357 g/mol. The maximum Gasteiger partial charge on any atom is 0.0874 e. The van der Waals surface area contributed by atoms with Crippen molar-refractivity contribution in [1.82, 2.24) is 9.80 Å². The molecule has 0 aromatic heterocycles. The van der Waals surface area contributed by atoms with Crippen molar-refractivity contribution in [2.75, 3.05) is 13.1 Å². The average Bonchev–Trinajstić information content (AvgIpc) is 2.45. The van der Waals surface area contributed by atoms with E-state index >= 15 is 0 Å². The summed E-state index contributed by atoms with van der Waals surface area (Å²) in [6.45, 7) is 19.1. The maximum absolute atomic E-state index is 9.28. The van der Waals surface area contributed by atoms with Gasteiger partial charge in [-0.15, -0.1) is 0 Å². The van der Waals surface area contributed by atoms with E-state index < -0.39 is 0 Å². The zero-order valence-electron chi connectivity index (χ0n) is 18.0. The molecule has 0 radical (unpaired) electrons. The minimum atomic E-state index is -0.0160. The highest BCUT2D eigenvalue weighted by Gasteiger charge is 2.47. The molecule has 2 fully saturated rings. The van der Waals surface area contributed by atoms with Crippen molar-refractivity contribution >= 4 is 0 Å². The third-order valence-corrected chi connectivity index (χ3v) is 6.46. The highest BCUT2D eigenvalue weighted by atomic mass is 15.3. The normalized spacial score (nSPS) is 27.6. The molecule has 2 aliphatic rings. The largest absolute Gasteiger partial charge is 0.280 e. The number of nitriles is 2. The van der Waals surface area contributed by atoms with Crippen molar-refractivity contribution in [2.24, 2.45) is 0 Å². The van der Waals surface area contributed by atoms with Crippen LogP contribution in [0, 0.1) is 22.7 Å². The van der Waals surface area contributed by atoms with Crippen LogP contribution in [-0.2, 0) is 0 Å². The van der Waals surface area contributed by atoms with E-state index in [9.17, 15) is 10.5 Å². The van der Waals surface area contributed by atoms with Crippen molar-refractivity contribution in [3.05, 3.63) is 11.1 Å². The van der Waals surface area contributed by atoms with E-state index in [0.717, 1.165) is 25.7 Å². The molecule has 0 aromatic rings. The summed E-state index contributed by atoms with van der Waals surface area (Å²) in [6, 6.07) is 4.72. The molecule has 4 nitrogen and oxygen atoms in total. The fraction of sp³-hybridized carbons (Fsp3) is 0.818. The van der Waals surface area contributed by atoms with Gasteiger partial charge >= 0.3 is 0 Å². The summed E-state index contributed by atoms with van der Waals surface area (Å²) in [5.74, 6) is 0. The predicted octanol–water partition coefficient (Wildman–Crippen LogP) is 4.64. The van der Waals surface area contributed by atoms with Gasteiger partial charge in [0.1, 0.15) is 0 Å². The minimum absolute atomic E-state index is 0.0160. The molecule has 0 saturated carbocycles. The molecular formula is C22H36N4. The maximum atomic E-state index is 9.28. The van der Waals surface area contributed by atoms with Gasteiger partial charge in [0.15, 0.2) is 0 Å². The first kappa shape index (κ1) is 20.9. The van der Waals surface area contributed by atoms with Crippen molar-refractivity contribution in [2.45, 2.75) is 103 Å². The number of hydrogen-bond acceptors (Lipinski definition) is 4. The Bertz CT molecular complexity index is 569. The number of nitrogens with zero attached hydrogens (tertiary/aromatic N) is 4. The van der Waals surface area contributed by atoms with E-state index in [1.165, 1.54) is 0 Å². The van der Waals surface area contributed by atoms with Crippen LogP contribution in [0.25, 0.3) is 0 Å². The van der Waals surface area contributed by atoms with Gasteiger partial charge in [-0.3, -0.25) is 9.80 Å². The van der Waals surface area contributed by atoms with Gasteiger partial charge in [0, 0.05) is 22.2 Å². The first-order valence-corrected chi connectivity index (χ1v) is 9.76. The molecule has 0 aliphatic carbocycles. The van der Waals surface area contributed by atoms with Crippen LogP contribution in [-0.4, -0.2) is 45.0 Å². The number of likely N-dealkylation sites (tertiary alicyclic amines) is 2. The standard InChI is InChI=1S/C22H36N4/c1-19(2)13-17(14-20(3,4)25(19)11-9-23)18-15-21(5,6)26(12-10-24)22(7,8)16-18/h11-16H2,1-8H3. The SMILES string of the molecule is CC1(C)CC(=C2CC(C)(C)N(CC#N)C(C)(C)C2)CC(C)(C)N1CC#N. The van der Waals surface area contributed by atoms with E-state index in [2.05, 4.69) is 77.3 Å². The number of piperidine rings is 2. The zero-order valence-corrected chi connectivity index (χ0v) is 18.0. The Hall–Kier alpha value is -1.36. The van der Waals surface area contributed by atoms with Gasteiger partial charge in [-0.2, -0.15) is 10.5 Å². The topological polar surface area (TPSA) is 54.1 Å². The molecule has 2 saturated heterocycles. The molecule has 0 unspecified atom stereocenters. The molecule has 2 aliphatic heterocycles. The third kappa shape index (κ3) is 3.83. The Balaban J connectivity index is 2.43. The van der Waals surface area contributed by atoms with Crippen LogP contribution >= 0.6 is 0 Å². The Morgan fingerprint density at radius 3 is 1.04 bits per heavy atom. The molecule has 4 heteroatoms. The van der Waals surface area contributed by atoms with E-state index in [4.69, 9.17) is 0 Å². The first-order chi connectivity index (χ1) is 11.8. The minimum Gasteiger partial charge on any atom is -0.280 e. The van der Waals surface area contributed by atoms with Gasteiger partial charge in [-0.25, -0.2) is 0 Å². The van der Waals surface area contributed by atoms with Crippen molar-refractivity contribution < 1.29 is 0 Å². The zero-order chi connectivity index (χ0) is 20.0. The molecule has 0 amide bonds. The predicted molar refractivity (Wildman–Crippen MR) is 106 cm³/mol. The van der Waals surface area contributed by atoms with E-state index in [1.54, 1.807) is 11.1 Å². The second kappa shape index (κ2) is 6.66. The number of hydrogen-bond donors (Lipinski definition) is 0. The van der Waals surface area contributed by atoms with E-state index in [-0.39, 0.29) is 22.2 Å². The van der Waals surface area contributed by atoms with Crippen LogP contribution in [0.5, 0.6) is 0 Å². The lowest BCUT2D eigenvalue weighted by molar-refractivity contribution is -0.00535. The smallest absolute Gasteiger partial charge is 0.0874 e. The molecule has 2 heterocycles. The summed E-state index contributed by atoms with van der Waals surface area (Å²) in [6.07, 6.45) is 4.10.